The first-order chi connectivity index (χ1) is 9.41. The van der Waals surface area contributed by atoms with Crippen molar-refractivity contribution < 1.29 is 4.74 Å². The molecule has 0 N–H and O–H groups in total. The Bertz CT molecular complexity index is 568. The van der Waals surface area contributed by atoms with E-state index in [-0.39, 0.29) is 10.8 Å². The standard InChI is InChI=1S/C17H21ClOS/c1-17(2,3)16-10-9-15(20-16)13(18)11-12-7-5-6-8-14(12)19-4/h5-10,13H,11H2,1-4H3. The zero-order valence-electron chi connectivity index (χ0n) is 12.4. The largest absolute Gasteiger partial charge is 0.496 e. The number of rotatable bonds is 4. The number of alkyl halides is 1. The van der Waals surface area contributed by atoms with Gasteiger partial charge in [0.1, 0.15) is 5.75 Å². The summed E-state index contributed by atoms with van der Waals surface area (Å²) in [5.41, 5.74) is 1.34. The number of thiophene rings is 1. The highest BCUT2D eigenvalue weighted by atomic mass is 35.5. The molecule has 108 valence electrons. The Hall–Kier alpha value is -0.990. The molecule has 0 saturated carbocycles. The SMILES string of the molecule is COc1ccccc1CC(Cl)c1ccc(C(C)(C)C)s1. The topological polar surface area (TPSA) is 9.23 Å². The van der Waals surface area contributed by atoms with Gasteiger partial charge in [0.05, 0.1) is 12.5 Å². The Morgan fingerprint density at radius 2 is 1.85 bits per heavy atom. The van der Waals surface area contributed by atoms with Crippen LogP contribution < -0.4 is 4.74 Å². The Labute approximate surface area is 130 Å². The quantitative estimate of drug-likeness (QED) is 0.670. The molecule has 2 aromatic rings. The number of methoxy groups -OCH3 is 1. The molecule has 1 unspecified atom stereocenters. The summed E-state index contributed by atoms with van der Waals surface area (Å²) in [6, 6.07) is 12.4. The molecule has 0 aliphatic heterocycles. The van der Waals surface area contributed by atoms with Gasteiger partial charge in [0, 0.05) is 9.75 Å². The van der Waals surface area contributed by atoms with Gasteiger partial charge in [0.25, 0.3) is 0 Å². The molecular weight excluding hydrogens is 288 g/mol. The lowest BCUT2D eigenvalue weighted by molar-refractivity contribution is 0.409. The molecule has 0 saturated heterocycles. The molecule has 0 amide bonds. The van der Waals surface area contributed by atoms with Crippen molar-refractivity contribution in [3.05, 3.63) is 51.7 Å². The fourth-order valence-corrected chi connectivity index (χ4v) is 3.51. The number of hydrogen-bond acceptors (Lipinski definition) is 2. The van der Waals surface area contributed by atoms with Crippen LogP contribution in [-0.4, -0.2) is 7.11 Å². The number of hydrogen-bond donors (Lipinski definition) is 0. The van der Waals surface area contributed by atoms with Gasteiger partial charge in [-0.15, -0.1) is 22.9 Å². The summed E-state index contributed by atoms with van der Waals surface area (Å²) >= 11 is 8.40. The zero-order chi connectivity index (χ0) is 14.8. The second kappa shape index (κ2) is 6.19. The Kier molecular flexibility index (Phi) is 4.77. The van der Waals surface area contributed by atoms with Crippen molar-refractivity contribution in [2.75, 3.05) is 7.11 Å². The van der Waals surface area contributed by atoms with Gasteiger partial charge in [-0.2, -0.15) is 0 Å². The Balaban J connectivity index is 2.16. The van der Waals surface area contributed by atoms with Crippen molar-refractivity contribution in [3.8, 4) is 5.75 Å². The molecule has 20 heavy (non-hydrogen) atoms. The summed E-state index contributed by atoms with van der Waals surface area (Å²) in [5.74, 6) is 0.908. The van der Waals surface area contributed by atoms with Gasteiger partial charge in [-0.3, -0.25) is 0 Å². The molecule has 1 atom stereocenters. The van der Waals surface area contributed by atoms with Gasteiger partial charge in [-0.05, 0) is 35.6 Å². The maximum atomic E-state index is 6.59. The van der Waals surface area contributed by atoms with E-state index in [4.69, 9.17) is 16.3 Å². The highest BCUT2D eigenvalue weighted by Gasteiger charge is 2.19. The Morgan fingerprint density at radius 3 is 2.45 bits per heavy atom. The van der Waals surface area contributed by atoms with E-state index in [1.54, 1.807) is 7.11 Å². The average molecular weight is 309 g/mol. The van der Waals surface area contributed by atoms with Crippen LogP contribution in [0.3, 0.4) is 0 Å². The molecule has 1 aromatic carbocycles. The fraction of sp³-hybridized carbons (Fsp3) is 0.412. The van der Waals surface area contributed by atoms with Gasteiger partial charge >= 0.3 is 0 Å². The third-order valence-electron chi connectivity index (χ3n) is 3.27. The minimum Gasteiger partial charge on any atom is -0.496 e. The summed E-state index contributed by atoms with van der Waals surface area (Å²) in [4.78, 5) is 2.60. The first-order valence-corrected chi connectivity index (χ1v) is 8.03. The lowest BCUT2D eigenvalue weighted by atomic mass is 9.95. The van der Waals surface area contributed by atoms with Crippen LogP contribution in [0.15, 0.2) is 36.4 Å². The molecule has 0 bridgehead atoms. The van der Waals surface area contributed by atoms with E-state index in [1.165, 1.54) is 9.75 Å². The van der Waals surface area contributed by atoms with Crippen molar-refractivity contribution in [2.45, 2.75) is 38.0 Å². The van der Waals surface area contributed by atoms with Crippen LogP contribution in [0, 0.1) is 0 Å². The molecule has 1 nitrogen and oxygen atoms in total. The van der Waals surface area contributed by atoms with Gasteiger partial charge < -0.3 is 4.74 Å². The van der Waals surface area contributed by atoms with E-state index in [9.17, 15) is 0 Å². The van der Waals surface area contributed by atoms with Crippen LogP contribution in [-0.2, 0) is 11.8 Å². The van der Waals surface area contributed by atoms with Crippen molar-refractivity contribution in [2.24, 2.45) is 0 Å². The molecule has 0 aliphatic carbocycles. The van der Waals surface area contributed by atoms with E-state index in [1.807, 2.05) is 29.5 Å². The van der Waals surface area contributed by atoms with Crippen LogP contribution in [0.2, 0.25) is 0 Å². The number of ether oxygens (including phenoxy) is 1. The van der Waals surface area contributed by atoms with Crippen molar-refractivity contribution in [3.63, 3.8) is 0 Å². The normalized spacial score (nSPS) is 13.2. The van der Waals surface area contributed by atoms with Crippen molar-refractivity contribution in [1.82, 2.24) is 0 Å². The molecule has 2 rings (SSSR count). The highest BCUT2D eigenvalue weighted by molar-refractivity contribution is 7.12. The van der Waals surface area contributed by atoms with E-state index >= 15 is 0 Å². The second-order valence-corrected chi connectivity index (χ2v) is 7.58. The summed E-state index contributed by atoms with van der Waals surface area (Å²) in [5, 5.41) is -0.00704. The van der Waals surface area contributed by atoms with Gasteiger partial charge in [-0.1, -0.05) is 39.0 Å². The maximum absolute atomic E-state index is 6.59. The third kappa shape index (κ3) is 3.56. The summed E-state index contributed by atoms with van der Waals surface area (Å²) in [7, 11) is 1.70. The molecule has 1 aromatic heterocycles. The molecule has 0 radical (unpaired) electrons. The maximum Gasteiger partial charge on any atom is 0.122 e. The van der Waals surface area contributed by atoms with Crippen LogP contribution in [0.4, 0.5) is 0 Å². The van der Waals surface area contributed by atoms with E-state index in [0.29, 0.717) is 0 Å². The smallest absolute Gasteiger partial charge is 0.122 e. The highest BCUT2D eigenvalue weighted by Crippen LogP contribution is 2.37. The lowest BCUT2D eigenvalue weighted by Crippen LogP contribution is -2.07. The first kappa shape index (κ1) is 15.4. The van der Waals surface area contributed by atoms with Crippen molar-refractivity contribution in [1.29, 1.82) is 0 Å². The zero-order valence-corrected chi connectivity index (χ0v) is 14.0. The number of halogens is 1. The predicted molar refractivity (Wildman–Crippen MR) is 88.3 cm³/mol. The molecule has 0 spiro atoms. The molecule has 1 heterocycles. The molecule has 0 aliphatic rings. The minimum absolute atomic E-state index is 0.00704. The van der Waals surface area contributed by atoms with Crippen LogP contribution in [0.5, 0.6) is 5.75 Å². The van der Waals surface area contributed by atoms with Gasteiger partial charge in [-0.25, -0.2) is 0 Å². The second-order valence-electron chi connectivity index (χ2n) is 5.94. The summed E-state index contributed by atoms with van der Waals surface area (Å²) in [6.07, 6.45) is 0.787. The lowest BCUT2D eigenvalue weighted by Gasteiger charge is -2.16. The predicted octanol–water partition coefficient (Wildman–Crippen LogP) is 5.58. The number of benzene rings is 1. The van der Waals surface area contributed by atoms with Crippen LogP contribution in [0.1, 0.15) is 41.5 Å². The van der Waals surface area contributed by atoms with Gasteiger partial charge in [0.15, 0.2) is 0 Å². The average Bonchev–Trinajstić information content (AvgIpc) is 2.89. The first-order valence-electron chi connectivity index (χ1n) is 6.78. The third-order valence-corrected chi connectivity index (χ3v) is 5.41. The summed E-state index contributed by atoms with van der Waals surface area (Å²) in [6.45, 7) is 6.68. The van der Waals surface area contributed by atoms with E-state index in [2.05, 4.69) is 39.0 Å². The van der Waals surface area contributed by atoms with Gasteiger partial charge in [0.2, 0.25) is 0 Å². The molecule has 3 heteroatoms. The van der Waals surface area contributed by atoms with E-state index < -0.39 is 0 Å². The summed E-state index contributed by atoms with van der Waals surface area (Å²) < 4.78 is 5.39. The van der Waals surface area contributed by atoms with Crippen molar-refractivity contribution >= 4 is 22.9 Å². The molecular formula is C17H21ClOS. The van der Waals surface area contributed by atoms with E-state index in [0.717, 1.165) is 17.7 Å². The van der Waals surface area contributed by atoms with Crippen LogP contribution >= 0.6 is 22.9 Å². The molecule has 0 fully saturated rings. The van der Waals surface area contributed by atoms with Crippen LogP contribution in [0.25, 0.3) is 0 Å². The minimum atomic E-state index is -0.00704. The Morgan fingerprint density at radius 1 is 1.15 bits per heavy atom. The monoisotopic (exact) mass is 308 g/mol. The number of para-hydroxylation sites is 1. The fourth-order valence-electron chi connectivity index (χ4n) is 2.09.